The summed E-state index contributed by atoms with van der Waals surface area (Å²) in [5.41, 5.74) is 0. The van der Waals surface area contributed by atoms with Gasteiger partial charge in [-0.1, -0.05) is 0 Å². The van der Waals surface area contributed by atoms with Gasteiger partial charge in [0.1, 0.15) is 6.61 Å². The van der Waals surface area contributed by atoms with Crippen LogP contribution in [0, 0.1) is 0 Å². The van der Waals surface area contributed by atoms with Gasteiger partial charge in [0.05, 0.1) is 26.4 Å². The topological polar surface area (TPSA) is 36.9 Å². The highest BCUT2D eigenvalue weighted by Gasteiger charge is 1.99. The maximum Gasteiger partial charge on any atom is 0.106 e. The third-order valence-electron chi connectivity index (χ3n) is 1.09. The van der Waals surface area contributed by atoms with Gasteiger partial charge in [-0.2, -0.15) is 0 Å². The molecule has 1 atom stereocenters. The van der Waals surface area contributed by atoms with Crippen molar-refractivity contribution < 1.29 is 19.2 Å². The molecule has 1 unspecified atom stereocenters. The minimum Gasteiger partial charge on any atom is -0.382 e. The predicted octanol–water partition coefficient (Wildman–Crippen LogP) is 0.616. The van der Waals surface area contributed by atoms with Gasteiger partial charge in [-0.05, 0) is 6.92 Å². The molecule has 0 fully saturated rings. The molecular formula is C7H16O4. The maximum atomic E-state index is 5.25. The van der Waals surface area contributed by atoms with Crippen LogP contribution in [0.4, 0.5) is 0 Å². The lowest BCUT2D eigenvalue weighted by molar-refractivity contribution is -0.279. The Kier molecular flexibility index (Phi) is 7.83. The molecule has 0 rings (SSSR count). The highest BCUT2D eigenvalue weighted by molar-refractivity contribution is 4.44. The summed E-state index contributed by atoms with van der Waals surface area (Å²) in [6.07, 6.45) is 0.112. The Morgan fingerprint density at radius 2 is 1.91 bits per heavy atom. The molecular weight excluding hydrogens is 148 g/mol. The molecule has 0 saturated carbocycles. The quantitative estimate of drug-likeness (QED) is 0.314. The van der Waals surface area contributed by atoms with E-state index in [1.54, 1.807) is 7.11 Å². The summed E-state index contributed by atoms with van der Waals surface area (Å²) in [5.74, 6) is 0. The van der Waals surface area contributed by atoms with Crippen LogP contribution in [0.2, 0.25) is 0 Å². The molecule has 0 aliphatic rings. The van der Waals surface area contributed by atoms with E-state index < -0.39 is 0 Å². The minimum absolute atomic E-state index is 0.112. The number of hydrogen-bond acceptors (Lipinski definition) is 4. The Balaban J connectivity index is 2.97. The van der Waals surface area contributed by atoms with Crippen molar-refractivity contribution in [2.24, 2.45) is 0 Å². The lowest BCUT2D eigenvalue weighted by Gasteiger charge is -2.10. The molecule has 0 aliphatic carbocycles. The van der Waals surface area contributed by atoms with Crippen LogP contribution < -0.4 is 0 Å². The summed E-state index contributed by atoms with van der Waals surface area (Å²) in [6.45, 7) is 3.52. The van der Waals surface area contributed by atoms with Crippen molar-refractivity contribution in [2.45, 2.75) is 13.0 Å². The van der Waals surface area contributed by atoms with Crippen molar-refractivity contribution in [1.82, 2.24) is 0 Å². The molecule has 0 N–H and O–H groups in total. The number of ether oxygens (including phenoxy) is 2. The van der Waals surface area contributed by atoms with Gasteiger partial charge in [-0.3, -0.25) is 0 Å². The molecule has 4 heteroatoms. The van der Waals surface area contributed by atoms with E-state index in [0.717, 1.165) is 0 Å². The first-order chi connectivity index (χ1) is 5.31. The molecule has 0 saturated heterocycles. The summed E-state index contributed by atoms with van der Waals surface area (Å²) < 4.78 is 10.1. The van der Waals surface area contributed by atoms with Gasteiger partial charge < -0.3 is 9.47 Å². The summed E-state index contributed by atoms with van der Waals surface area (Å²) in [7, 11) is 3.12. The van der Waals surface area contributed by atoms with Gasteiger partial charge in [-0.25, -0.2) is 9.78 Å². The molecule has 0 heterocycles. The fraction of sp³-hybridized carbons (Fsp3) is 1.00. The van der Waals surface area contributed by atoms with Gasteiger partial charge in [-0.15, -0.1) is 0 Å². The Bertz CT molecular complexity index is 76.8. The molecule has 0 radical (unpaired) electrons. The van der Waals surface area contributed by atoms with Crippen molar-refractivity contribution in [3.8, 4) is 0 Å². The van der Waals surface area contributed by atoms with Crippen molar-refractivity contribution in [3.63, 3.8) is 0 Å². The predicted molar refractivity (Wildman–Crippen MR) is 40.3 cm³/mol. The fourth-order valence-corrected chi connectivity index (χ4v) is 0.649. The third kappa shape index (κ3) is 7.74. The van der Waals surface area contributed by atoms with Crippen molar-refractivity contribution in [2.75, 3.05) is 34.0 Å². The number of methoxy groups -OCH3 is 1. The zero-order valence-corrected chi connectivity index (χ0v) is 7.33. The number of rotatable bonds is 7. The standard InChI is InChI=1S/C7H16O4/c1-7(6-8-2)10-4-5-11-9-3/h7H,4-6H2,1-3H3. The zero-order chi connectivity index (χ0) is 8.53. The highest BCUT2D eigenvalue weighted by Crippen LogP contribution is 1.90. The van der Waals surface area contributed by atoms with Crippen LogP contribution >= 0.6 is 0 Å². The smallest absolute Gasteiger partial charge is 0.106 e. The second-order valence-corrected chi connectivity index (χ2v) is 2.13. The monoisotopic (exact) mass is 164 g/mol. The SMILES string of the molecule is COCC(C)OCCOOC. The number of hydrogen-bond donors (Lipinski definition) is 0. The average Bonchev–Trinajstić information content (AvgIpc) is 1.99. The Morgan fingerprint density at radius 1 is 1.18 bits per heavy atom. The third-order valence-corrected chi connectivity index (χ3v) is 1.09. The molecule has 4 nitrogen and oxygen atoms in total. The minimum atomic E-state index is 0.112. The summed E-state index contributed by atoms with van der Waals surface area (Å²) in [5, 5.41) is 0. The normalized spacial score (nSPS) is 13.4. The first kappa shape index (κ1) is 10.8. The molecule has 68 valence electrons. The molecule has 11 heavy (non-hydrogen) atoms. The van der Waals surface area contributed by atoms with Gasteiger partial charge in [0.25, 0.3) is 0 Å². The lowest BCUT2D eigenvalue weighted by atomic mass is 10.4. The van der Waals surface area contributed by atoms with Crippen LogP contribution in [0.5, 0.6) is 0 Å². The largest absolute Gasteiger partial charge is 0.382 e. The van der Waals surface area contributed by atoms with E-state index in [2.05, 4.69) is 9.78 Å². The summed E-state index contributed by atoms with van der Waals surface area (Å²) >= 11 is 0. The average molecular weight is 164 g/mol. The van der Waals surface area contributed by atoms with E-state index in [1.165, 1.54) is 7.11 Å². The maximum absolute atomic E-state index is 5.25. The summed E-state index contributed by atoms with van der Waals surface area (Å²) in [4.78, 5) is 8.97. The molecule has 0 aromatic heterocycles. The molecule has 0 spiro atoms. The zero-order valence-electron chi connectivity index (χ0n) is 7.33. The molecule has 0 amide bonds. The van der Waals surface area contributed by atoms with Crippen molar-refractivity contribution in [1.29, 1.82) is 0 Å². The van der Waals surface area contributed by atoms with Crippen LogP contribution in [-0.2, 0) is 19.2 Å². The van der Waals surface area contributed by atoms with Crippen LogP contribution in [-0.4, -0.2) is 40.1 Å². The Hall–Kier alpha value is -0.160. The first-order valence-corrected chi connectivity index (χ1v) is 3.57. The van der Waals surface area contributed by atoms with Crippen LogP contribution in [0.3, 0.4) is 0 Å². The fourth-order valence-electron chi connectivity index (χ4n) is 0.649. The van der Waals surface area contributed by atoms with Gasteiger partial charge in [0.15, 0.2) is 0 Å². The van der Waals surface area contributed by atoms with Crippen LogP contribution in [0.15, 0.2) is 0 Å². The van der Waals surface area contributed by atoms with E-state index in [4.69, 9.17) is 9.47 Å². The van der Waals surface area contributed by atoms with E-state index in [1.807, 2.05) is 6.92 Å². The highest BCUT2D eigenvalue weighted by atomic mass is 17.2. The van der Waals surface area contributed by atoms with Crippen molar-refractivity contribution >= 4 is 0 Å². The molecule has 0 aromatic carbocycles. The van der Waals surface area contributed by atoms with E-state index in [9.17, 15) is 0 Å². The molecule has 0 bridgehead atoms. The van der Waals surface area contributed by atoms with E-state index in [0.29, 0.717) is 19.8 Å². The van der Waals surface area contributed by atoms with Crippen LogP contribution in [0.25, 0.3) is 0 Å². The lowest BCUT2D eigenvalue weighted by Crippen LogP contribution is -2.17. The Labute approximate surface area is 67.3 Å². The van der Waals surface area contributed by atoms with E-state index in [-0.39, 0.29) is 6.10 Å². The van der Waals surface area contributed by atoms with Gasteiger partial charge >= 0.3 is 0 Å². The van der Waals surface area contributed by atoms with Gasteiger partial charge in [0.2, 0.25) is 0 Å². The molecule has 0 aromatic rings. The van der Waals surface area contributed by atoms with Gasteiger partial charge in [0, 0.05) is 7.11 Å². The van der Waals surface area contributed by atoms with Crippen LogP contribution in [0.1, 0.15) is 6.92 Å². The summed E-state index contributed by atoms with van der Waals surface area (Å²) in [6, 6.07) is 0. The second kappa shape index (κ2) is 7.94. The van der Waals surface area contributed by atoms with E-state index >= 15 is 0 Å². The Morgan fingerprint density at radius 3 is 2.45 bits per heavy atom. The first-order valence-electron chi connectivity index (χ1n) is 3.57. The second-order valence-electron chi connectivity index (χ2n) is 2.13. The molecule has 0 aliphatic heterocycles. The van der Waals surface area contributed by atoms with Crippen molar-refractivity contribution in [3.05, 3.63) is 0 Å².